The molecule has 3 rings (SSSR count). The predicted molar refractivity (Wildman–Crippen MR) is 104 cm³/mol. The Kier molecular flexibility index (Phi) is 5.77. The van der Waals surface area contributed by atoms with Crippen LogP contribution in [0.5, 0.6) is 5.75 Å². The zero-order valence-electron chi connectivity index (χ0n) is 15.5. The van der Waals surface area contributed by atoms with Crippen molar-refractivity contribution in [3.05, 3.63) is 71.8 Å². The summed E-state index contributed by atoms with van der Waals surface area (Å²) < 4.78 is 11.1. The Bertz CT molecular complexity index is 749. The van der Waals surface area contributed by atoms with E-state index in [4.69, 9.17) is 9.47 Å². The fourth-order valence-electron chi connectivity index (χ4n) is 3.48. The molecule has 3 heteroatoms. The van der Waals surface area contributed by atoms with Crippen LogP contribution in [0, 0.1) is 5.41 Å². The van der Waals surface area contributed by atoms with E-state index in [1.165, 1.54) is 0 Å². The van der Waals surface area contributed by atoms with Crippen molar-refractivity contribution in [1.29, 1.82) is 0 Å². The molecule has 0 radical (unpaired) electrons. The Morgan fingerprint density at radius 2 is 1.81 bits per heavy atom. The lowest BCUT2D eigenvalue weighted by molar-refractivity contribution is -0.0157. The first-order valence-corrected chi connectivity index (χ1v) is 9.20. The van der Waals surface area contributed by atoms with E-state index in [-0.39, 0.29) is 17.5 Å². The van der Waals surface area contributed by atoms with E-state index in [9.17, 15) is 4.79 Å². The van der Waals surface area contributed by atoms with E-state index in [0.717, 1.165) is 37.0 Å². The minimum atomic E-state index is -0.235. The van der Waals surface area contributed by atoms with Crippen molar-refractivity contribution < 1.29 is 14.3 Å². The molecule has 2 aromatic carbocycles. The molecule has 0 N–H and O–H groups in total. The molecule has 0 aromatic heterocycles. The number of benzene rings is 2. The van der Waals surface area contributed by atoms with Crippen molar-refractivity contribution in [3.63, 3.8) is 0 Å². The first kappa shape index (κ1) is 18.2. The van der Waals surface area contributed by atoms with Gasteiger partial charge in [-0.2, -0.15) is 0 Å². The molecule has 1 aliphatic carbocycles. The van der Waals surface area contributed by atoms with Gasteiger partial charge < -0.3 is 9.47 Å². The van der Waals surface area contributed by atoms with E-state index < -0.39 is 0 Å². The van der Waals surface area contributed by atoms with Crippen LogP contribution in [-0.4, -0.2) is 19.2 Å². The quantitative estimate of drug-likeness (QED) is 0.667. The third kappa shape index (κ3) is 4.34. The van der Waals surface area contributed by atoms with Gasteiger partial charge in [0.2, 0.25) is 0 Å². The van der Waals surface area contributed by atoms with Crippen LogP contribution in [0.1, 0.15) is 48.5 Å². The summed E-state index contributed by atoms with van der Waals surface area (Å²) in [7, 11) is 1.67. The number of hydrogen-bond acceptors (Lipinski definition) is 3. The van der Waals surface area contributed by atoms with Gasteiger partial charge in [-0.05, 0) is 49.1 Å². The molecule has 136 valence electrons. The lowest BCUT2D eigenvalue weighted by atomic mass is 9.73. The van der Waals surface area contributed by atoms with Crippen LogP contribution in [-0.2, 0) is 4.74 Å². The zero-order chi connectivity index (χ0) is 18.4. The SMILES string of the molecule is COc1ccc(/C=C/[C@]2(C)CCCC[C@H]2OC(=O)c2ccccc2)cc1. The number of esters is 1. The molecule has 0 amide bonds. The average Bonchev–Trinajstić information content (AvgIpc) is 2.69. The standard InChI is InChI=1S/C23H26O3/c1-23(17-15-18-11-13-20(25-2)14-12-18)16-7-6-10-21(23)26-22(24)19-8-4-3-5-9-19/h3-5,8-9,11-15,17,21H,6-7,10,16H2,1-2H3/b17-15+/t21-,23+/m1/s1. The van der Waals surface area contributed by atoms with Gasteiger partial charge in [0.15, 0.2) is 0 Å². The minimum absolute atomic E-state index is 0.0987. The maximum Gasteiger partial charge on any atom is 0.338 e. The van der Waals surface area contributed by atoms with Gasteiger partial charge in [-0.25, -0.2) is 4.79 Å². The van der Waals surface area contributed by atoms with Gasteiger partial charge in [-0.3, -0.25) is 0 Å². The highest BCUT2D eigenvalue weighted by molar-refractivity contribution is 5.89. The lowest BCUT2D eigenvalue weighted by Gasteiger charge is -2.38. The monoisotopic (exact) mass is 350 g/mol. The smallest absolute Gasteiger partial charge is 0.338 e. The molecular weight excluding hydrogens is 324 g/mol. The molecule has 0 heterocycles. The number of carbonyl (C=O) groups is 1. The van der Waals surface area contributed by atoms with Crippen molar-refractivity contribution in [1.82, 2.24) is 0 Å². The van der Waals surface area contributed by atoms with E-state index in [1.807, 2.05) is 42.5 Å². The molecule has 2 aromatic rings. The van der Waals surface area contributed by atoms with Crippen LogP contribution in [0.25, 0.3) is 6.08 Å². The molecule has 2 atom stereocenters. The Hall–Kier alpha value is -2.55. The molecule has 0 unspecified atom stereocenters. The second kappa shape index (κ2) is 8.22. The number of hydrogen-bond donors (Lipinski definition) is 0. The Morgan fingerprint density at radius 3 is 2.50 bits per heavy atom. The zero-order valence-corrected chi connectivity index (χ0v) is 15.5. The summed E-state index contributed by atoms with van der Waals surface area (Å²) in [6, 6.07) is 17.2. The summed E-state index contributed by atoms with van der Waals surface area (Å²) in [6.07, 6.45) is 8.40. The molecular formula is C23H26O3. The van der Waals surface area contributed by atoms with Crippen LogP contribution in [0.2, 0.25) is 0 Å². The van der Waals surface area contributed by atoms with E-state index in [1.54, 1.807) is 19.2 Å². The summed E-state index contributed by atoms with van der Waals surface area (Å²) in [5, 5.41) is 0. The maximum atomic E-state index is 12.5. The summed E-state index contributed by atoms with van der Waals surface area (Å²) >= 11 is 0. The van der Waals surface area contributed by atoms with Gasteiger partial charge in [-0.1, -0.05) is 55.8 Å². The summed E-state index contributed by atoms with van der Waals surface area (Å²) in [4.78, 5) is 12.5. The Labute approximate surface area is 155 Å². The van der Waals surface area contributed by atoms with Gasteiger partial charge in [0.25, 0.3) is 0 Å². The largest absolute Gasteiger partial charge is 0.497 e. The highest BCUT2D eigenvalue weighted by atomic mass is 16.5. The Morgan fingerprint density at radius 1 is 1.08 bits per heavy atom. The molecule has 3 nitrogen and oxygen atoms in total. The van der Waals surface area contributed by atoms with Gasteiger partial charge in [0.1, 0.15) is 11.9 Å². The molecule has 1 fully saturated rings. The van der Waals surface area contributed by atoms with Crippen molar-refractivity contribution in [2.24, 2.45) is 5.41 Å². The number of methoxy groups -OCH3 is 1. The number of carbonyl (C=O) groups excluding carboxylic acids is 1. The van der Waals surface area contributed by atoms with Crippen LogP contribution in [0.3, 0.4) is 0 Å². The minimum Gasteiger partial charge on any atom is -0.497 e. The second-order valence-electron chi connectivity index (χ2n) is 7.12. The van der Waals surface area contributed by atoms with Crippen molar-refractivity contribution in [2.45, 2.75) is 38.7 Å². The van der Waals surface area contributed by atoms with Crippen molar-refractivity contribution in [2.75, 3.05) is 7.11 Å². The topological polar surface area (TPSA) is 35.5 Å². The summed E-state index contributed by atoms with van der Waals surface area (Å²) in [6.45, 7) is 2.19. The first-order valence-electron chi connectivity index (χ1n) is 9.20. The molecule has 1 aliphatic rings. The first-order chi connectivity index (χ1) is 12.6. The van der Waals surface area contributed by atoms with Crippen LogP contribution in [0.15, 0.2) is 60.7 Å². The normalized spacial score (nSPS) is 22.9. The highest BCUT2D eigenvalue weighted by Gasteiger charge is 2.37. The Balaban J connectivity index is 1.73. The molecule has 1 saturated carbocycles. The molecule has 0 spiro atoms. The average molecular weight is 350 g/mol. The van der Waals surface area contributed by atoms with Crippen LogP contribution >= 0.6 is 0 Å². The van der Waals surface area contributed by atoms with Gasteiger partial charge in [0, 0.05) is 5.41 Å². The molecule has 0 bridgehead atoms. The van der Waals surface area contributed by atoms with Crippen molar-refractivity contribution >= 4 is 12.0 Å². The third-order valence-electron chi connectivity index (χ3n) is 5.20. The summed E-state index contributed by atoms with van der Waals surface area (Å²) in [5.74, 6) is 0.613. The fraction of sp³-hybridized carbons (Fsp3) is 0.348. The molecule has 0 aliphatic heterocycles. The van der Waals surface area contributed by atoms with Crippen molar-refractivity contribution in [3.8, 4) is 5.75 Å². The van der Waals surface area contributed by atoms with Crippen LogP contribution in [0.4, 0.5) is 0 Å². The molecule has 26 heavy (non-hydrogen) atoms. The highest BCUT2D eigenvalue weighted by Crippen LogP contribution is 2.40. The molecule has 0 saturated heterocycles. The maximum absolute atomic E-state index is 12.5. The lowest BCUT2D eigenvalue weighted by Crippen LogP contribution is -2.37. The summed E-state index contributed by atoms with van der Waals surface area (Å²) in [5.41, 5.74) is 1.58. The van der Waals surface area contributed by atoms with Gasteiger partial charge >= 0.3 is 5.97 Å². The van der Waals surface area contributed by atoms with E-state index in [2.05, 4.69) is 19.1 Å². The van der Waals surface area contributed by atoms with E-state index in [0.29, 0.717) is 5.56 Å². The van der Waals surface area contributed by atoms with Crippen LogP contribution < -0.4 is 4.74 Å². The van der Waals surface area contributed by atoms with Gasteiger partial charge in [0.05, 0.1) is 12.7 Å². The predicted octanol–water partition coefficient (Wildman–Crippen LogP) is 5.51. The third-order valence-corrected chi connectivity index (χ3v) is 5.20. The number of rotatable bonds is 5. The van der Waals surface area contributed by atoms with Gasteiger partial charge in [-0.15, -0.1) is 0 Å². The number of ether oxygens (including phenoxy) is 2. The van der Waals surface area contributed by atoms with E-state index >= 15 is 0 Å². The second-order valence-corrected chi connectivity index (χ2v) is 7.12. The fourth-order valence-corrected chi connectivity index (χ4v) is 3.48.